The van der Waals surface area contributed by atoms with E-state index in [9.17, 15) is 0 Å². The summed E-state index contributed by atoms with van der Waals surface area (Å²) in [4.78, 5) is 0. The van der Waals surface area contributed by atoms with Gasteiger partial charge in [-0.3, -0.25) is 0 Å². The maximum absolute atomic E-state index is 8.25. The van der Waals surface area contributed by atoms with Gasteiger partial charge in [-0.15, -0.1) is 0 Å². The smallest absolute Gasteiger partial charge is 0.857 e. The molecule has 0 aliphatic carbocycles. The van der Waals surface area contributed by atoms with Crippen LogP contribution in [-0.4, -0.2) is 14.2 Å². The summed E-state index contributed by atoms with van der Waals surface area (Å²) in [6.07, 6.45) is 0. The largest absolute Gasteiger partial charge is 4.00 e. The second-order valence-corrected chi connectivity index (χ2v) is 5.52. The van der Waals surface area contributed by atoms with Gasteiger partial charge in [0.15, 0.2) is 0 Å². The maximum atomic E-state index is 8.25. The molecule has 23 heavy (non-hydrogen) atoms. The number of hydrogen-bond acceptors (Lipinski definition) is 2. The first-order chi connectivity index (χ1) is 10.3. The van der Waals surface area contributed by atoms with Gasteiger partial charge in [0.05, 0.1) is 0 Å². The van der Waals surface area contributed by atoms with Crippen LogP contribution < -0.4 is 10.2 Å². The van der Waals surface area contributed by atoms with E-state index in [1.165, 1.54) is 44.5 Å². The van der Waals surface area contributed by atoms with Crippen molar-refractivity contribution in [2.24, 2.45) is 0 Å². The molecule has 0 saturated carbocycles. The third-order valence-electron chi connectivity index (χ3n) is 4.36. The Balaban J connectivity index is -0.000000276. The van der Waals surface area contributed by atoms with Crippen LogP contribution in [0.3, 0.4) is 0 Å². The van der Waals surface area contributed by atoms with E-state index in [1.54, 1.807) is 0 Å². The summed E-state index contributed by atoms with van der Waals surface area (Å²) >= 11 is 0. The second kappa shape index (κ2) is 13.7. The Bertz CT molecular complexity index is 453. The molecule has 0 heterocycles. The fourth-order valence-electron chi connectivity index (χ4n) is 2.27. The molecule has 128 valence electrons. The van der Waals surface area contributed by atoms with E-state index >= 15 is 0 Å². The van der Waals surface area contributed by atoms with Gasteiger partial charge in [0, 0.05) is 0 Å². The van der Waals surface area contributed by atoms with Crippen molar-refractivity contribution in [2.75, 3.05) is 14.2 Å². The fraction of sp³-hybridized carbons (Fsp3) is 0.500. The molecular weight excluding hydrogens is 320 g/mol. The molecule has 2 aromatic rings. The zero-order valence-corrected chi connectivity index (χ0v) is 18.0. The SMILES string of the molecule is C[O-].C[O-].Cc1c[c-](C)c(C)c1C.Cc1c[c-](C)c(C)c1C.[Ti+4]. The molecule has 0 bridgehead atoms. The van der Waals surface area contributed by atoms with Crippen molar-refractivity contribution >= 4 is 0 Å². The van der Waals surface area contributed by atoms with E-state index in [-0.39, 0.29) is 21.7 Å². The summed E-state index contributed by atoms with van der Waals surface area (Å²) in [5, 5.41) is 16.5. The van der Waals surface area contributed by atoms with Gasteiger partial charge in [-0.1, -0.05) is 55.4 Å². The average Bonchev–Trinajstić information content (AvgIpc) is 2.88. The van der Waals surface area contributed by atoms with Gasteiger partial charge in [-0.25, -0.2) is 0 Å². The van der Waals surface area contributed by atoms with Crippen molar-refractivity contribution < 1.29 is 31.9 Å². The molecule has 0 fully saturated rings. The van der Waals surface area contributed by atoms with Gasteiger partial charge in [-0.2, -0.15) is 70.9 Å². The topological polar surface area (TPSA) is 46.1 Å². The minimum Gasteiger partial charge on any atom is -0.857 e. The van der Waals surface area contributed by atoms with E-state index in [4.69, 9.17) is 10.2 Å². The molecular formula is C20H32O2Ti. The maximum Gasteiger partial charge on any atom is 4.00 e. The van der Waals surface area contributed by atoms with Crippen LogP contribution in [0.15, 0.2) is 12.1 Å². The summed E-state index contributed by atoms with van der Waals surface area (Å²) in [7, 11) is 1.50. The van der Waals surface area contributed by atoms with Crippen LogP contribution >= 0.6 is 0 Å². The summed E-state index contributed by atoms with van der Waals surface area (Å²) in [6, 6.07) is 4.48. The van der Waals surface area contributed by atoms with Gasteiger partial charge in [0.1, 0.15) is 0 Å². The Labute approximate surface area is 158 Å². The quantitative estimate of drug-likeness (QED) is 0.540. The minimum atomic E-state index is 0. The molecule has 2 nitrogen and oxygen atoms in total. The van der Waals surface area contributed by atoms with Crippen molar-refractivity contribution in [2.45, 2.75) is 55.4 Å². The number of hydrogen-bond donors (Lipinski definition) is 0. The van der Waals surface area contributed by atoms with Crippen LogP contribution in [0.25, 0.3) is 0 Å². The molecule has 0 aliphatic heterocycles. The van der Waals surface area contributed by atoms with Gasteiger partial charge >= 0.3 is 21.7 Å². The third-order valence-corrected chi connectivity index (χ3v) is 4.36. The molecule has 2 aromatic carbocycles. The molecule has 0 atom stereocenters. The first-order valence-corrected chi connectivity index (χ1v) is 7.47. The van der Waals surface area contributed by atoms with Gasteiger partial charge < -0.3 is 10.2 Å². The van der Waals surface area contributed by atoms with Gasteiger partial charge in [0.25, 0.3) is 0 Å². The predicted molar refractivity (Wildman–Crippen MR) is 93.8 cm³/mol. The van der Waals surface area contributed by atoms with Crippen LogP contribution in [0.2, 0.25) is 0 Å². The van der Waals surface area contributed by atoms with Crippen LogP contribution in [-0.2, 0) is 21.7 Å². The molecule has 0 N–H and O–H groups in total. The molecule has 0 aliphatic rings. The summed E-state index contributed by atoms with van der Waals surface area (Å²) in [5.74, 6) is 0. The summed E-state index contributed by atoms with van der Waals surface area (Å²) < 4.78 is 0. The predicted octanol–water partition coefficient (Wildman–Crippen LogP) is 3.23. The van der Waals surface area contributed by atoms with Crippen molar-refractivity contribution in [3.8, 4) is 0 Å². The van der Waals surface area contributed by atoms with Gasteiger partial charge in [-0.05, 0) is 0 Å². The Hall–Kier alpha value is -0.666. The van der Waals surface area contributed by atoms with Crippen LogP contribution in [0.4, 0.5) is 0 Å². The molecule has 0 amide bonds. The van der Waals surface area contributed by atoms with E-state index in [0.29, 0.717) is 0 Å². The second-order valence-electron chi connectivity index (χ2n) is 5.52. The Morgan fingerprint density at radius 1 is 0.609 bits per heavy atom. The zero-order chi connectivity index (χ0) is 18.0. The molecule has 0 saturated heterocycles. The fourth-order valence-corrected chi connectivity index (χ4v) is 2.27. The first-order valence-electron chi connectivity index (χ1n) is 7.47. The Morgan fingerprint density at radius 3 is 0.870 bits per heavy atom. The standard InChI is InChI=1S/2C9H13.2CH3O.Ti/c2*1-6-5-7(2)9(4)8(6)3;2*1-2;/h2*5H,1-4H3;2*1H3;/q4*-1;+4. The van der Waals surface area contributed by atoms with Crippen LogP contribution in [0.5, 0.6) is 0 Å². The zero-order valence-electron chi connectivity index (χ0n) is 16.5. The third kappa shape index (κ3) is 8.12. The van der Waals surface area contributed by atoms with E-state index in [0.717, 1.165) is 14.2 Å². The molecule has 3 heteroatoms. The first kappa shape index (κ1) is 27.2. The molecule has 0 aromatic heterocycles. The summed E-state index contributed by atoms with van der Waals surface area (Å²) in [5.41, 5.74) is 11.5. The van der Waals surface area contributed by atoms with Crippen molar-refractivity contribution in [3.63, 3.8) is 0 Å². The van der Waals surface area contributed by atoms with E-state index in [1.807, 2.05) is 0 Å². The normalized spacial score (nSPS) is 8.52. The monoisotopic (exact) mass is 352 g/mol. The van der Waals surface area contributed by atoms with E-state index < -0.39 is 0 Å². The van der Waals surface area contributed by atoms with Crippen LogP contribution in [0.1, 0.15) is 44.5 Å². The average molecular weight is 352 g/mol. The van der Waals surface area contributed by atoms with Crippen molar-refractivity contribution in [1.82, 2.24) is 0 Å². The van der Waals surface area contributed by atoms with Crippen molar-refractivity contribution in [1.29, 1.82) is 0 Å². The van der Waals surface area contributed by atoms with Crippen LogP contribution in [0, 0.1) is 55.4 Å². The summed E-state index contributed by atoms with van der Waals surface area (Å²) in [6.45, 7) is 17.4. The Morgan fingerprint density at radius 2 is 0.826 bits per heavy atom. The molecule has 2 rings (SSSR count). The number of rotatable bonds is 0. The van der Waals surface area contributed by atoms with Gasteiger partial charge in [0.2, 0.25) is 0 Å². The minimum absolute atomic E-state index is 0. The molecule has 0 radical (unpaired) electrons. The van der Waals surface area contributed by atoms with E-state index in [2.05, 4.69) is 67.5 Å². The van der Waals surface area contributed by atoms with Crippen molar-refractivity contribution in [3.05, 3.63) is 56.6 Å². The Kier molecular flexibility index (Phi) is 16.3. The number of aryl methyl sites for hydroxylation is 4. The molecule has 0 unspecified atom stereocenters. The molecule has 0 spiro atoms.